The largest absolute Gasteiger partial charge is 0.369 e. The molecule has 0 amide bonds. The summed E-state index contributed by atoms with van der Waals surface area (Å²) in [6.07, 6.45) is 0. The lowest BCUT2D eigenvalue weighted by Crippen LogP contribution is -2.34. The molecule has 2 rings (SSSR count). The molecule has 0 saturated carbocycles. The second kappa shape index (κ2) is 6.12. The summed E-state index contributed by atoms with van der Waals surface area (Å²) in [6.45, 7) is 5.31. The van der Waals surface area contributed by atoms with E-state index in [-0.39, 0.29) is 0 Å². The van der Waals surface area contributed by atoms with Crippen LogP contribution in [0, 0.1) is 5.92 Å². The number of anilines is 1. The molecule has 1 aliphatic rings. The third kappa shape index (κ3) is 3.04. The van der Waals surface area contributed by atoms with E-state index in [1.54, 1.807) is 0 Å². The van der Waals surface area contributed by atoms with Gasteiger partial charge >= 0.3 is 0 Å². The Hall–Kier alpha value is -0.770. The number of benzene rings is 1. The molecule has 1 saturated heterocycles. The molecule has 4 heteroatoms. The van der Waals surface area contributed by atoms with Crippen LogP contribution in [-0.2, 0) is 6.54 Å². The van der Waals surface area contributed by atoms with Crippen molar-refractivity contribution in [3.05, 3.63) is 28.8 Å². The molecule has 1 fully saturated rings. The molecule has 3 nitrogen and oxygen atoms in total. The van der Waals surface area contributed by atoms with E-state index in [2.05, 4.69) is 42.2 Å². The predicted octanol–water partition coefficient (Wildman–Crippen LogP) is 2.45. The zero-order chi connectivity index (χ0) is 14.0. The van der Waals surface area contributed by atoms with Crippen LogP contribution < -0.4 is 10.2 Å². The minimum Gasteiger partial charge on any atom is -0.369 e. The highest BCUT2D eigenvalue weighted by molar-refractivity contribution is 6.31. The Bertz CT molecular complexity index is 433. The van der Waals surface area contributed by atoms with E-state index >= 15 is 0 Å². The van der Waals surface area contributed by atoms with E-state index in [4.69, 9.17) is 11.6 Å². The minimum atomic E-state index is 0.612. The summed E-state index contributed by atoms with van der Waals surface area (Å²) in [6, 6.07) is 6.82. The van der Waals surface area contributed by atoms with Crippen LogP contribution >= 0.6 is 11.6 Å². The fourth-order valence-electron chi connectivity index (χ4n) is 3.01. The van der Waals surface area contributed by atoms with Crippen molar-refractivity contribution >= 4 is 17.3 Å². The van der Waals surface area contributed by atoms with Gasteiger partial charge in [-0.05, 0) is 39.2 Å². The van der Waals surface area contributed by atoms with Crippen LogP contribution in [-0.4, -0.2) is 45.2 Å². The zero-order valence-corrected chi connectivity index (χ0v) is 13.0. The highest BCUT2D eigenvalue weighted by Crippen LogP contribution is 2.32. The smallest absolute Gasteiger partial charge is 0.0471 e. The van der Waals surface area contributed by atoms with Gasteiger partial charge in [0, 0.05) is 41.9 Å². The van der Waals surface area contributed by atoms with Gasteiger partial charge in [-0.25, -0.2) is 0 Å². The number of hydrogen-bond acceptors (Lipinski definition) is 3. The number of likely N-dealkylation sites (N-methyl/N-ethyl adjacent to an activating group) is 1. The maximum Gasteiger partial charge on any atom is 0.0471 e. The quantitative estimate of drug-likeness (QED) is 0.915. The normalized spacial score (nSPS) is 23.4. The van der Waals surface area contributed by atoms with Crippen LogP contribution in [0.1, 0.15) is 12.5 Å². The Morgan fingerprint density at radius 1 is 1.37 bits per heavy atom. The molecule has 2 atom stereocenters. The molecule has 0 bridgehead atoms. The lowest BCUT2D eigenvalue weighted by molar-refractivity contribution is 0.266. The first-order valence-corrected chi connectivity index (χ1v) is 7.25. The van der Waals surface area contributed by atoms with Crippen molar-refractivity contribution in [2.75, 3.05) is 39.1 Å². The molecule has 19 heavy (non-hydrogen) atoms. The van der Waals surface area contributed by atoms with E-state index in [0.717, 1.165) is 24.7 Å². The van der Waals surface area contributed by atoms with E-state index in [9.17, 15) is 0 Å². The fourth-order valence-corrected chi connectivity index (χ4v) is 3.25. The summed E-state index contributed by atoms with van der Waals surface area (Å²) in [5.41, 5.74) is 2.48. The summed E-state index contributed by atoms with van der Waals surface area (Å²) < 4.78 is 0. The van der Waals surface area contributed by atoms with E-state index in [0.29, 0.717) is 12.0 Å². The maximum atomic E-state index is 6.34. The molecule has 1 aromatic rings. The van der Waals surface area contributed by atoms with Gasteiger partial charge < -0.3 is 15.1 Å². The van der Waals surface area contributed by atoms with Crippen LogP contribution in [0.2, 0.25) is 5.02 Å². The highest BCUT2D eigenvalue weighted by atomic mass is 35.5. The highest BCUT2D eigenvalue weighted by Gasteiger charge is 2.32. The van der Waals surface area contributed by atoms with Crippen LogP contribution in [0.4, 0.5) is 5.69 Å². The van der Waals surface area contributed by atoms with Crippen LogP contribution in [0.25, 0.3) is 0 Å². The summed E-state index contributed by atoms with van der Waals surface area (Å²) >= 11 is 6.34. The average molecular weight is 282 g/mol. The van der Waals surface area contributed by atoms with Gasteiger partial charge in [0.2, 0.25) is 0 Å². The second-order valence-corrected chi connectivity index (χ2v) is 6.09. The molecule has 0 aliphatic carbocycles. The topological polar surface area (TPSA) is 18.5 Å². The van der Waals surface area contributed by atoms with Crippen molar-refractivity contribution in [2.45, 2.75) is 19.5 Å². The number of nitrogens with zero attached hydrogens (tertiary/aromatic N) is 2. The minimum absolute atomic E-state index is 0.612. The Labute approximate surface area is 121 Å². The summed E-state index contributed by atoms with van der Waals surface area (Å²) in [5, 5.41) is 4.07. The van der Waals surface area contributed by atoms with E-state index in [1.807, 2.05) is 19.2 Å². The molecular formula is C15H24ClN3. The van der Waals surface area contributed by atoms with E-state index < -0.39 is 0 Å². The third-order valence-corrected chi connectivity index (χ3v) is 4.38. The Balaban J connectivity index is 2.26. The summed E-state index contributed by atoms with van der Waals surface area (Å²) in [4.78, 5) is 4.79. The Morgan fingerprint density at radius 3 is 2.68 bits per heavy atom. The Morgan fingerprint density at radius 2 is 2.11 bits per heavy atom. The molecule has 1 aromatic carbocycles. The van der Waals surface area contributed by atoms with Gasteiger partial charge in [-0.15, -0.1) is 0 Å². The molecule has 0 spiro atoms. The number of rotatable bonds is 4. The van der Waals surface area contributed by atoms with Crippen molar-refractivity contribution < 1.29 is 0 Å². The van der Waals surface area contributed by atoms with Crippen molar-refractivity contribution in [3.63, 3.8) is 0 Å². The molecule has 2 unspecified atom stereocenters. The van der Waals surface area contributed by atoms with Gasteiger partial charge in [-0.2, -0.15) is 0 Å². The molecular weight excluding hydrogens is 258 g/mol. The first-order chi connectivity index (χ1) is 9.04. The lowest BCUT2D eigenvalue weighted by atomic mass is 10.1. The third-order valence-electron chi connectivity index (χ3n) is 4.02. The van der Waals surface area contributed by atoms with Gasteiger partial charge in [-0.1, -0.05) is 24.6 Å². The SMILES string of the molecule is CNCc1c(Cl)cccc1N1CC(C)C(N(C)C)C1. The monoisotopic (exact) mass is 281 g/mol. The lowest BCUT2D eigenvalue weighted by Gasteiger charge is -2.24. The number of hydrogen-bond donors (Lipinski definition) is 1. The zero-order valence-electron chi connectivity index (χ0n) is 12.3. The Kier molecular flexibility index (Phi) is 4.71. The fraction of sp³-hybridized carbons (Fsp3) is 0.600. The summed E-state index contributed by atoms with van der Waals surface area (Å²) in [7, 11) is 6.29. The van der Waals surface area contributed by atoms with Crippen LogP contribution in [0.5, 0.6) is 0 Å². The molecule has 1 aliphatic heterocycles. The molecule has 106 valence electrons. The first kappa shape index (κ1) is 14.6. The predicted molar refractivity (Wildman–Crippen MR) is 83.1 cm³/mol. The van der Waals surface area contributed by atoms with Crippen LogP contribution in [0.3, 0.4) is 0 Å². The maximum absolute atomic E-state index is 6.34. The molecule has 1 heterocycles. The van der Waals surface area contributed by atoms with Crippen molar-refractivity contribution in [1.29, 1.82) is 0 Å². The van der Waals surface area contributed by atoms with Crippen molar-refractivity contribution in [2.24, 2.45) is 5.92 Å². The van der Waals surface area contributed by atoms with Gasteiger partial charge in [0.05, 0.1) is 0 Å². The van der Waals surface area contributed by atoms with Crippen molar-refractivity contribution in [1.82, 2.24) is 10.2 Å². The molecule has 1 N–H and O–H groups in total. The molecule has 0 aromatic heterocycles. The first-order valence-electron chi connectivity index (χ1n) is 6.88. The van der Waals surface area contributed by atoms with Gasteiger partial charge in [0.25, 0.3) is 0 Å². The number of halogens is 1. The second-order valence-electron chi connectivity index (χ2n) is 5.68. The van der Waals surface area contributed by atoms with Gasteiger partial charge in [0.1, 0.15) is 0 Å². The molecule has 0 radical (unpaired) electrons. The summed E-state index contributed by atoms with van der Waals surface area (Å²) in [5.74, 6) is 0.677. The van der Waals surface area contributed by atoms with Crippen molar-refractivity contribution in [3.8, 4) is 0 Å². The van der Waals surface area contributed by atoms with Gasteiger partial charge in [-0.3, -0.25) is 0 Å². The number of nitrogens with one attached hydrogen (secondary N) is 1. The van der Waals surface area contributed by atoms with Crippen LogP contribution in [0.15, 0.2) is 18.2 Å². The van der Waals surface area contributed by atoms with Gasteiger partial charge in [0.15, 0.2) is 0 Å². The standard InChI is InChI=1S/C15H24ClN3/c1-11-9-19(10-15(11)18(3)4)14-7-5-6-13(16)12(14)8-17-2/h5-7,11,15,17H,8-10H2,1-4H3. The average Bonchev–Trinajstić information content (AvgIpc) is 2.74. The van der Waals surface area contributed by atoms with E-state index in [1.165, 1.54) is 11.3 Å².